The van der Waals surface area contributed by atoms with Crippen LogP contribution in [0.3, 0.4) is 0 Å². The van der Waals surface area contributed by atoms with Crippen LogP contribution in [0.4, 0.5) is 35.1 Å². The molecule has 1 N–H and O–H groups in total. The van der Waals surface area contributed by atoms with Gasteiger partial charge in [-0.2, -0.15) is 37.2 Å². The minimum Gasteiger partial charge on any atom is -0.348 e. The maximum absolute atomic E-state index is 15.7. The zero-order chi connectivity index (χ0) is 42.0. The number of alkyl halides is 5. The highest BCUT2D eigenvalue weighted by Crippen LogP contribution is 2.36. The molecule has 5 aromatic heterocycles. The van der Waals surface area contributed by atoms with E-state index in [-0.39, 0.29) is 46.6 Å². The van der Waals surface area contributed by atoms with Crippen molar-refractivity contribution in [3.8, 4) is 22.5 Å². The number of pyridine rings is 2. The molecule has 0 saturated carbocycles. The number of halogens is 8. The van der Waals surface area contributed by atoms with E-state index < -0.39 is 83.4 Å². The molecule has 304 valence electrons. The summed E-state index contributed by atoms with van der Waals surface area (Å²) in [4.78, 5) is 46.0. The highest BCUT2D eigenvalue weighted by Gasteiger charge is 2.40. The topological polar surface area (TPSA) is 138 Å². The molecule has 0 fully saturated rings. The van der Waals surface area contributed by atoms with Crippen LogP contribution >= 0.6 is 0 Å². The number of hydrogen-bond donors (Lipinski definition) is 1. The third-order valence-corrected chi connectivity index (χ3v) is 9.76. The summed E-state index contributed by atoms with van der Waals surface area (Å²) >= 11 is 0. The van der Waals surface area contributed by atoms with Crippen LogP contribution in [-0.4, -0.2) is 73.7 Å². The first-order valence-electron chi connectivity index (χ1n) is 17.5. The lowest BCUT2D eigenvalue weighted by Crippen LogP contribution is -2.58. The minimum atomic E-state index is -4.94. The Balaban J connectivity index is 1.23. The Labute approximate surface area is 322 Å². The second-order valence-electron chi connectivity index (χ2n) is 14.5. The number of hydrogen-bond acceptors (Lipinski definition) is 7. The van der Waals surface area contributed by atoms with Crippen LogP contribution < -0.4 is 10.9 Å². The van der Waals surface area contributed by atoms with Crippen LogP contribution in [0.1, 0.15) is 47.6 Å². The summed E-state index contributed by atoms with van der Waals surface area (Å²) < 4.78 is 118. The van der Waals surface area contributed by atoms with Crippen molar-refractivity contribution in [3.63, 3.8) is 0 Å². The quantitative estimate of drug-likeness (QED) is 0.182. The van der Waals surface area contributed by atoms with Crippen LogP contribution in [0.15, 0.2) is 59.9 Å². The Bertz CT molecular complexity index is 2630. The third-order valence-electron chi connectivity index (χ3n) is 9.76. The minimum absolute atomic E-state index is 0.0861. The fraction of sp³-hybridized carbons (Fsp3) is 0.324. The monoisotopic (exact) mass is 816 g/mol. The van der Waals surface area contributed by atoms with Gasteiger partial charge in [0.15, 0.2) is 17.3 Å². The van der Waals surface area contributed by atoms with E-state index in [0.717, 1.165) is 44.9 Å². The van der Waals surface area contributed by atoms with Crippen LogP contribution in [0.25, 0.3) is 33.5 Å². The lowest BCUT2D eigenvalue weighted by Gasteiger charge is -2.37. The second-order valence-corrected chi connectivity index (χ2v) is 14.5. The molecule has 2 amide bonds. The standard InChI is InChI=1S/C37H32F8N10O3/c1-36(2,17-55-26(12-29(50-55)37(43,44)45)19-10-24(40)33(57)51(3)16-19)49-32(56)28(9-18-13-47-54(15-18)35(41)42)53-8-7-20-21(5-6-22(38)30(20)34(53)58)31-23(39)11-27-25(48-31)14-46-52(27)4/h5-6,10-16,28,35H,7-9,17H2,1-4H3,(H,49,56). The Morgan fingerprint density at radius 3 is 2.36 bits per heavy atom. The number of nitrogens with one attached hydrogen (secondary N) is 1. The van der Waals surface area contributed by atoms with Gasteiger partial charge in [0, 0.05) is 56.6 Å². The number of amides is 2. The van der Waals surface area contributed by atoms with Gasteiger partial charge in [0.1, 0.15) is 23.1 Å². The summed E-state index contributed by atoms with van der Waals surface area (Å²) in [6.45, 7) is -0.898. The maximum atomic E-state index is 15.7. The lowest BCUT2D eigenvalue weighted by molar-refractivity contribution is -0.141. The SMILES string of the molecule is Cn1cc(-c2cc(C(F)(F)F)nn2CC(C)(C)NC(=O)C(Cc2cnn(C(F)F)c2)N2CCc3c(-c4nc5cnn(C)c5cc4F)ccc(F)c3C2=O)cc(F)c1=O. The van der Waals surface area contributed by atoms with Gasteiger partial charge < -0.3 is 14.8 Å². The molecule has 0 radical (unpaired) electrons. The normalized spacial score (nSPS) is 14.1. The molecule has 21 heteroatoms. The maximum Gasteiger partial charge on any atom is 0.435 e. The van der Waals surface area contributed by atoms with E-state index in [4.69, 9.17) is 0 Å². The molecule has 1 aromatic carbocycles. The van der Waals surface area contributed by atoms with Crippen molar-refractivity contribution in [1.82, 2.24) is 49.1 Å². The zero-order valence-electron chi connectivity index (χ0n) is 31.0. The molecule has 1 unspecified atom stereocenters. The summed E-state index contributed by atoms with van der Waals surface area (Å²) in [6, 6.07) is 3.33. The fourth-order valence-electron chi connectivity index (χ4n) is 7.05. The number of aryl methyl sites for hydroxylation is 2. The molecule has 1 atom stereocenters. The van der Waals surface area contributed by atoms with E-state index >= 15 is 8.78 Å². The van der Waals surface area contributed by atoms with Crippen molar-refractivity contribution < 1.29 is 44.7 Å². The summed E-state index contributed by atoms with van der Waals surface area (Å²) in [7, 11) is 2.80. The molecule has 58 heavy (non-hydrogen) atoms. The first-order chi connectivity index (χ1) is 27.2. The average molecular weight is 817 g/mol. The van der Waals surface area contributed by atoms with E-state index in [1.54, 1.807) is 7.05 Å². The van der Waals surface area contributed by atoms with Gasteiger partial charge in [-0.3, -0.25) is 23.7 Å². The van der Waals surface area contributed by atoms with Gasteiger partial charge in [0.05, 0.1) is 41.3 Å². The zero-order valence-corrected chi connectivity index (χ0v) is 31.0. The van der Waals surface area contributed by atoms with Crippen LogP contribution in [-0.2, 0) is 44.5 Å². The van der Waals surface area contributed by atoms with Gasteiger partial charge in [-0.05, 0) is 55.7 Å². The van der Waals surface area contributed by atoms with Crippen molar-refractivity contribution in [2.45, 2.75) is 57.5 Å². The molecule has 6 heterocycles. The molecule has 0 spiro atoms. The van der Waals surface area contributed by atoms with Crippen LogP contribution in [0.5, 0.6) is 0 Å². The van der Waals surface area contributed by atoms with Crippen LogP contribution in [0, 0.1) is 17.5 Å². The highest BCUT2D eigenvalue weighted by atomic mass is 19.4. The van der Waals surface area contributed by atoms with Gasteiger partial charge in [-0.15, -0.1) is 0 Å². The lowest BCUT2D eigenvalue weighted by atomic mass is 9.90. The third kappa shape index (κ3) is 7.42. The van der Waals surface area contributed by atoms with E-state index in [0.29, 0.717) is 21.8 Å². The molecule has 1 aliphatic rings. The molecule has 0 bridgehead atoms. The number of carbonyl (C=O) groups is 2. The summed E-state index contributed by atoms with van der Waals surface area (Å²) in [5, 5.41) is 14.0. The van der Waals surface area contributed by atoms with E-state index in [1.165, 1.54) is 43.9 Å². The molecule has 0 saturated heterocycles. The molecule has 7 rings (SSSR count). The van der Waals surface area contributed by atoms with Crippen molar-refractivity contribution in [2.75, 3.05) is 6.54 Å². The molecule has 1 aliphatic heterocycles. The Kier molecular flexibility index (Phi) is 9.96. The predicted molar refractivity (Wildman–Crippen MR) is 190 cm³/mol. The van der Waals surface area contributed by atoms with Crippen LogP contribution in [0.2, 0.25) is 0 Å². The predicted octanol–water partition coefficient (Wildman–Crippen LogP) is 5.43. The van der Waals surface area contributed by atoms with Gasteiger partial charge in [-0.1, -0.05) is 0 Å². The molecular formula is C37H32F8N10O3. The van der Waals surface area contributed by atoms with Crippen molar-refractivity contribution in [3.05, 3.63) is 105 Å². The Morgan fingerprint density at radius 2 is 1.69 bits per heavy atom. The number of fused-ring (bicyclic) bond motifs is 2. The van der Waals surface area contributed by atoms with Gasteiger partial charge >= 0.3 is 12.7 Å². The van der Waals surface area contributed by atoms with Crippen molar-refractivity contribution in [2.24, 2.45) is 14.1 Å². The van der Waals surface area contributed by atoms with Gasteiger partial charge in [0.2, 0.25) is 5.91 Å². The van der Waals surface area contributed by atoms with E-state index in [1.807, 2.05) is 0 Å². The Morgan fingerprint density at radius 1 is 0.948 bits per heavy atom. The summed E-state index contributed by atoms with van der Waals surface area (Å²) in [5.41, 5.74) is -3.83. The first-order valence-corrected chi connectivity index (χ1v) is 17.5. The highest BCUT2D eigenvalue weighted by molar-refractivity contribution is 6.01. The number of rotatable bonds is 10. The second kappa shape index (κ2) is 14.5. The first kappa shape index (κ1) is 39.8. The summed E-state index contributed by atoms with van der Waals surface area (Å²) in [5.74, 6) is -4.87. The number of aromatic nitrogens is 8. The number of benzene rings is 1. The number of nitrogens with zero attached hydrogens (tertiary/aromatic N) is 9. The van der Waals surface area contributed by atoms with Crippen molar-refractivity contribution in [1.29, 1.82) is 0 Å². The number of carbonyl (C=O) groups excluding carboxylic acids is 2. The molecule has 13 nitrogen and oxygen atoms in total. The smallest absolute Gasteiger partial charge is 0.348 e. The summed E-state index contributed by atoms with van der Waals surface area (Å²) in [6.07, 6.45) is -0.899. The molecule has 0 aliphatic carbocycles. The Hall–Kier alpha value is -6.41. The van der Waals surface area contributed by atoms with Gasteiger partial charge in [-0.25, -0.2) is 22.8 Å². The van der Waals surface area contributed by atoms with E-state index in [9.17, 15) is 40.7 Å². The molecular weight excluding hydrogens is 784 g/mol. The average Bonchev–Trinajstić information content (AvgIpc) is 3.88. The molecule has 6 aromatic rings. The van der Waals surface area contributed by atoms with E-state index in [2.05, 4.69) is 25.6 Å². The fourth-order valence-corrected chi connectivity index (χ4v) is 7.05. The van der Waals surface area contributed by atoms with Crippen molar-refractivity contribution >= 4 is 22.8 Å². The van der Waals surface area contributed by atoms with Gasteiger partial charge in [0.25, 0.3) is 11.5 Å². The largest absolute Gasteiger partial charge is 0.435 e.